The molecule has 1 amide bonds. The zero-order valence-electron chi connectivity index (χ0n) is 13.3. The fourth-order valence-electron chi connectivity index (χ4n) is 3.59. The molecule has 0 spiro atoms. The molecular formula is C18H18ClNO4. The van der Waals surface area contributed by atoms with Crippen molar-refractivity contribution < 1.29 is 13.9 Å². The molecule has 0 saturated carbocycles. The van der Waals surface area contributed by atoms with Crippen molar-refractivity contribution >= 4 is 28.5 Å². The Morgan fingerprint density at radius 3 is 2.71 bits per heavy atom. The highest BCUT2D eigenvalue weighted by molar-refractivity contribution is 6.32. The fourth-order valence-corrected chi connectivity index (χ4v) is 3.81. The van der Waals surface area contributed by atoms with Crippen LogP contribution in [-0.2, 0) is 17.6 Å². The lowest BCUT2D eigenvalue weighted by molar-refractivity contribution is -0.132. The highest BCUT2D eigenvalue weighted by Crippen LogP contribution is 2.34. The number of hydrogen-bond donors (Lipinski definition) is 0. The molecule has 1 aromatic carbocycles. The molecule has 1 saturated heterocycles. The van der Waals surface area contributed by atoms with Crippen LogP contribution in [0.25, 0.3) is 11.0 Å². The largest absolute Gasteiger partial charge is 0.482 e. The number of carbonyl (C=O) groups excluding carboxylic acids is 1. The van der Waals surface area contributed by atoms with Crippen LogP contribution in [-0.4, -0.2) is 30.5 Å². The molecule has 126 valence electrons. The molecule has 0 bridgehead atoms. The van der Waals surface area contributed by atoms with Gasteiger partial charge in [-0.1, -0.05) is 11.6 Å². The summed E-state index contributed by atoms with van der Waals surface area (Å²) >= 11 is 6.32. The van der Waals surface area contributed by atoms with E-state index >= 15 is 0 Å². The van der Waals surface area contributed by atoms with E-state index in [1.165, 1.54) is 0 Å². The Morgan fingerprint density at radius 1 is 1.17 bits per heavy atom. The maximum Gasteiger partial charge on any atom is 0.339 e. The number of carbonyl (C=O) groups is 1. The topological polar surface area (TPSA) is 59.8 Å². The zero-order valence-corrected chi connectivity index (χ0v) is 14.0. The number of halogens is 1. The van der Waals surface area contributed by atoms with Crippen molar-refractivity contribution in [1.29, 1.82) is 0 Å². The van der Waals surface area contributed by atoms with E-state index in [2.05, 4.69) is 0 Å². The third-order valence-corrected chi connectivity index (χ3v) is 5.13. The molecule has 2 aliphatic rings. The van der Waals surface area contributed by atoms with Crippen molar-refractivity contribution in [2.45, 2.75) is 32.1 Å². The lowest BCUT2D eigenvalue weighted by atomic mass is 10.1. The first kappa shape index (κ1) is 15.5. The Balaban J connectivity index is 1.62. The van der Waals surface area contributed by atoms with Gasteiger partial charge in [0.05, 0.1) is 5.02 Å². The minimum Gasteiger partial charge on any atom is -0.482 e. The first-order valence-electron chi connectivity index (χ1n) is 8.32. The molecule has 1 aromatic heterocycles. The summed E-state index contributed by atoms with van der Waals surface area (Å²) in [6.45, 7) is 1.52. The number of hydrogen-bond acceptors (Lipinski definition) is 4. The number of fused-ring (bicyclic) bond motifs is 3. The Labute approximate surface area is 144 Å². The first-order chi connectivity index (χ1) is 11.6. The second-order valence-electron chi connectivity index (χ2n) is 6.36. The standard InChI is InChI=1S/C18H18ClNO4/c19-14-8-13-11-4-3-5-12(11)18(22)24-15(13)9-16(14)23-10-17(21)20-6-1-2-7-20/h8-9H,1-7,10H2. The van der Waals surface area contributed by atoms with Gasteiger partial charge in [-0.2, -0.15) is 0 Å². The average molecular weight is 348 g/mol. The molecule has 0 radical (unpaired) electrons. The number of amides is 1. The van der Waals surface area contributed by atoms with Crippen LogP contribution in [0.4, 0.5) is 0 Å². The third kappa shape index (κ3) is 2.67. The molecule has 2 aromatic rings. The SMILES string of the molecule is O=C(COc1cc2oc(=O)c3c(c2cc1Cl)CCC3)N1CCCC1. The lowest BCUT2D eigenvalue weighted by Crippen LogP contribution is -2.32. The van der Waals surface area contributed by atoms with Gasteiger partial charge in [0.15, 0.2) is 6.61 Å². The highest BCUT2D eigenvalue weighted by atomic mass is 35.5. The van der Waals surface area contributed by atoms with E-state index < -0.39 is 0 Å². The van der Waals surface area contributed by atoms with Crippen molar-refractivity contribution in [3.05, 3.63) is 38.7 Å². The summed E-state index contributed by atoms with van der Waals surface area (Å²) in [6.07, 6.45) is 4.66. The van der Waals surface area contributed by atoms with Gasteiger partial charge in [-0.15, -0.1) is 0 Å². The summed E-state index contributed by atoms with van der Waals surface area (Å²) in [5.74, 6) is 0.330. The maximum atomic E-state index is 12.1. The highest BCUT2D eigenvalue weighted by Gasteiger charge is 2.22. The van der Waals surface area contributed by atoms with E-state index in [1.807, 2.05) is 0 Å². The molecule has 1 fully saturated rings. The number of ether oxygens (including phenoxy) is 1. The van der Waals surface area contributed by atoms with Gasteiger partial charge in [0.1, 0.15) is 11.3 Å². The second-order valence-corrected chi connectivity index (χ2v) is 6.76. The lowest BCUT2D eigenvalue weighted by Gasteiger charge is -2.16. The van der Waals surface area contributed by atoms with Gasteiger partial charge in [-0.05, 0) is 43.7 Å². The normalized spacial score (nSPS) is 16.6. The number of rotatable bonds is 3. The van der Waals surface area contributed by atoms with Crippen LogP contribution in [0.15, 0.2) is 21.3 Å². The van der Waals surface area contributed by atoms with Crippen LogP contribution in [0.5, 0.6) is 5.75 Å². The minimum absolute atomic E-state index is 0.0425. The molecule has 5 nitrogen and oxygen atoms in total. The van der Waals surface area contributed by atoms with Crippen LogP contribution in [0.3, 0.4) is 0 Å². The van der Waals surface area contributed by atoms with Gasteiger partial charge < -0.3 is 14.1 Å². The van der Waals surface area contributed by atoms with Crippen LogP contribution in [0, 0.1) is 0 Å². The van der Waals surface area contributed by atoms with E-state index in [-0.39, 0.29) is 18.1 Å². The summed E-state index contributed by atoms with van der Waals surface area (Å²) < 4.78 is 11.0. The molecule has 6 heteroatoms. The molecule has 1 aliphatic carbocycles. The molecule has 4 rings (SSSR count). The van der Waals surface area contributed by atoms with Crippen molar-refractivity contribution in [2.24, 2.45) is 0 Å². The Bertz CT molecular complexity index is 867. The first-order valence-corrected chi connectivity index (χ1v) is 8.70. The van der Waals surface area contributed by atoms with E-state index in [4.69, 9.17) is 20.8 Å². The van der Waals surface area contributed by atoms with Gasteiger partial charge in [0, 0.05) is 30.1 Å². The third-order valence-electron chi connectivity index (χ3n) is 4.84. The van der Waals surface area contributed by atoms with Crippen molar-refractivity contribution in [3.8, 4) is 5.75 Å². The maximum absolute atomic E-state index is 12.1. The Kier molecular flexibility index (Phi) is 3.96. The van der Waals surface area contributed by atoms with E-state index in [0.29, 0.717) is 16.4 Å². The van der Waals surface area contributed by atoms with Gasteiger partial charge in [-0.3, -0.25) is 4.79 Å². The molecule has 1 aliphatic heterocycles. The van der Waals surface area contributed by atoms with E-state index in [9.17, 15) is 9.59 Å². The van der Waals surface area contributed by atoms with E-state index in [0.717, 1.165) is 61.7 Å². The zero-order chi connectivity index (χ0) is 16.7. The van der Waals surface area contributed by atoms with Crippen LogP contribution >= 0.6 is 11.6 Å². The second kappa shape index (κ2) is 6.13. The van der Waals surface area contributed by atoms with Crippen molar-refractivity contribution in [3.63, 3.8) is 0 Å². The molecule has 2 heterocycles. The summed E-state index contributed by atoms with van der Waals surface area (Å²) in [5.41, 5.74) is 1.98. The van der Waals surface area contributed by atoms with Crippen LogP contribution in [0.1, 0.15) is 30.4 Å². The van der Waals surface area contributed by atoms with Gasteiger partial charge in [0.2, 0.25) is 0 Å². The molecule has 0 atom stereocenters. The van der Waals surface area contributed by atoms with Crippen molar-refractivity contribution in [1.82, 2.24) is 4.90 Å². The summed E-state index contributed by atoms with van der Waals surface area (Å²) in [6, 6.07) is 3.40. The quantitative estimate of drug-likeness (QED) is 0.801. The molecule has 0 unspecified atom stereocenters. The van der Waals surface area contributed by atoms with Crippen LogP contribution < -0.4 is 10.4 Å². The fraction of sp³-hybridized carbons (Fsp3) is 0.444. The average Bonchev–Trinajstić information content (AvgIpc) is 3.25. The summed E-state index contributed by atoms with van der Waals surface area (Å²) in [4.78, 5) is 25.9. The summed E-state index contributed by atoms with van der Waals surface area (Å²) in [7, 11) is 0. The smallest absolute Gasteiger partial charge is 0.339 e. The molecular weight excluding hydrogens is 330 g/mol. The van der Waals surface area contributed by atoms with E-state index in [1.54, 1.807) is 17.0 Å². The minimum atomic E-state index is -0.281. The monoisotopic (exact) mass is 347 g/mol. The predicted molar refractivity (Wildman–Crippen MR) is 90.8 cm³/mol. The molecule has 0 N–H and O–H groups in total. The number of likely N-dealkylation sites (tertiary alicyclic amines) is 1. The van der Waals surface area contributed by atoms with Gasteiger partial charge in [0.25, 0.3) is 5.91 Å². The Morgan fingerprint density at radius 2 is 1.92 bits per heavy atom. The number of nitrogens with zero attached hydrogens (tertiary/aromatic N) is 1. The van der Waals surface area contributed by atoms with Gasteiger partial charge in [-0.25, -0.2) is 4.79 Å². The van der Waals surface area contributed by atoms with Crippen LogP contribution in [0.2, 0.25) is 5.02 Å². The van der Waals surface area contributed by atoms with Gasteiger partial charge >= 0.3 is 5.63 Å². The number of aryl methyl sites for hydroxylation is 1. The molecule has 24 heavy (non-hydrogen) atoms. The summed E-state index contributed by atoms with van der Waals surface area (Å²) in [5, 5.41) is 1.30. The predicted octanol–water partition coefficient (Wildman–Crippen LogP) is 2.94. The Hall–Kier alpha value is -2.01. The number of benzene rings is 1. The van der Waals surface area contributed by atoms with Crippen molar-refractivity contribution in [2.75, 3.05) is 19.7 Å².